The van der Waals surface area contributed by atoms with Crippen molar-refractivity contribution in [1.29, 1.82) is 0 Å². The molecule has 1 atom stereocenters. The van der Waals surface area contributed by atoms with Crippen molar-refractivity contribution in [3.63, 3.8) is 0 Å². The average molecular weight is 419 g/mol. The number of pyridine rings is 1. The first-order chi connectivity index (χ1) is 15.0. The number of anilines is 1. The summed E-state index contributed by atoms with van der Waals surface area (Å²) in [7, 11) is 0. The van der Waals surface area contributed by atoms with Crippen LogP contribution >= 0.6 is 0 Å². The van der Waals surface area contributed by atoms with Gasteiger partial charge in [0.2, 0.25) is 0 Å². The first-order valence-corrected chi connectivity index (χ1v) is 10.3. The van der Waals surface area contributed by atoms with E-state index in [-0.39, 0.29) is 17.4 Å². The van der Waals surface area contributed by atoms with Crippen molar-refractivity contribution in [3.8, 4) is 0 Å². The Morgan fingerprint density at radius 3 is 2.65 bits per heavy atom. The second kappa shape index (κ2) is 7.63. The highest BCUT2D eigenvalue weighted by molar-refractivity contribution is 5.92. The van der Waals surface area contributed by atoms with Gasteiger partial charge in [-0.1, -0.05) is 0 Å². The summed E-state index contributed by atoms with van der Waals surface area (Å²) in [5, 5.41) is 10.0. The molecule has 0 bridgehead atoms. The molecular formula is C23H22FN5O2. The Morgan fingerprint density at radius 1 is 1.10 bits per heavy atom. The van der Waals surface area contributed by atoms with Crippen LogP contribution in [0, 0.1) is 5.82 Å². The van der Waals surface area contributed by atoms with Crippen molar-refractivity contribution in [3.05, 3.63) is 65.9 Å². The smallest absolute Gasteiger partial charge is 0.335 e. The first-order valence-electron chi connectivity index (χ1n) is 10.3. The average Bonchev–Trinajstić information content (AvgIpc) is 3.21. The summed E-state index contributed by atoms with van der Waals surface area (Å²) in [6.07, 6.45) is 1.77. The Bertz CT molecular complexity index is 1280. The number of aromatic amines is 1. The number of halogens is 1. The Hall–Kier alpha value is -3.52. The van der Waals surface area contributed by atoms with Gasteiger partial charge in [-0.25, -0.2) is 14.2 Å². The molecule has 2 aromatic carbocycles. The number of nitrogens with zero attached hydrogens (tertiary/aromatic N) is 4. The quantitative estimate of drug-likeness (QED) is 0.523. The summed E-state index contributed by atoms with van der Waals surface area (Å²) >= 11 is 0. The molecule has 7 nitrogen and oxygen atoms in total. The minimum absolute atomic E-state index is 0.0643. The van der Waals surface area contributed by atoms with Gasteiger partial charge in [-0.2, -0.15) is 0 Å². The maximum atomic E-state index is 13.8. The second-order valence-electron chi connectivity index (χ2n) is 7.85. The molecule has 5 rings (SSSR count). The molecule has 1 saturated heterocycles. The van der Waals surface area contributed by atoms with E-state index >= 15 is 0 Å². The molecule has 31 heavy (non-hydrogen) atoms. The number of benzene rings is 2. The summed E-state index contributed by atoms with van der Waals surface area (Å²) in [5.41, 5.74) is 3.52. The Kier molecular flexibility index (Phi) is 4.78. The van der Waals surface area contributed by atoms with Crippen LogP contribution in [0.4, 0.5) is 10.1 Å². The Labute approximate surface area is 178 Å². The number of piperazine rings is 1. The van der Waals surface area contributed by atoms with E-state index in [9.17, 15) is 14.3 Å². The van der Waals surface area contributed by atoms with Gasteiger partial charge >= 0.3 is 5.97 Å². The van der Waals surface area contributed by atoms with E-state index in [0.29, 0.717) is 0 Å². The van der Waals surface area contributed by atoms with Gasteiger partial charge in [-0.3, -0.25) is 9.88 Å². The second-order valence-corrected chi connectivity index (χ2v) is 7.85. The van der Waals surface area contributed by atoms with Crippen molar-refractivity contribution in [2.75, 3.05) is 31.1 Å². The number of carboxylic acid groups (broad SMARTS) is 1. The number of nitrogens with one attached hydrogen (secondary N) is 1. The van der Waals surface area contributed by atoms with Gasteiger partial charge in [0.25, 0.3) is 0 Å². The van der Waals surface area contributed by atoms with Crippen molar-refractivity contribution >= 4 is 33.6 Å². The van der Waals surface area contributed by atoms with Gasteiger partial charge in [0.15, 0.2) is 0 Å². The lowest BCUT2D eigenvalue weighted by Gasteiger charge is -2.38. The van der Waals surface area contributed by atoms with Gasteiger partial charge in [-0.15, -0.1) is 0 Å². The van der Waals surface area contributed by atoms with Gasteiger partial charge < -0.3 is 15.0 Å². The van der Waals surface area contributed by atoms with E-state index in [1.54, 1.807) is 36.5 Å². The molecule has 1 fully saturated rings. The van der Waals surface area contributed by atoms with Crippen LogP contribution in [0.2, 0.25) is 0 Å². The van der Waals surface area contributed by atoms with Crippen LogP contribution in [0.5, 0.6) is 0 Å². The summed E-state index contributed by atoms with van der Waals surface area (Å²) < 4.78 is 13.8. The monoisotopic (exact) mass is 419 g/mol. The topological polar surface area (TPSA) is 85.3 Å². The molecule has 3 heterocycles. The van der Waals surface area contributed by atoms with E-state index in [4.69, 9.17) is 0 Å². The lowest BCUT2D eigenvalue weighted by Crippen LogP contribution is -2.47. The minimum Gasteiger partial charge on any atom is -0.478 e. The van der Waals surface area contributed by atoms with Crippen molar-refractivity contribution in [2.45, 2.75) is 13.0 Å². The number of H-pyrrole nitrogens is 1. The van der Waals surface area contributed by atoms with E-state index in [0.717, 1.165) is 59.6 Å². The van der Waals surface area contributed by atoms with Gasteiger partial charge in [0.05, 0.1) is 28.2 Å². The molecule has 0 saturated carbocycles. The first kappa shape index (κ1) is 19.4. The fourth-order valence-electron chi connectivity index (χ4n) is 4.26. The molecule has 1 aliphatic heterocycles. The molecular weight excluding hydrogens is 397 g/mol. The SMILES string of the molecule is C[C@H](c1nc2ccc(C(=O)O)cc2[nH]1)N1CCN(c2ccnc3ccc(F)cc23)CC1. The maximum Gasteiger partial charge on any atom is 0.335 e. The lowest BCUT2D eigenvalue weighted by molar-refractivity contribution is 0.0697. The van der Waals surface area contributed by atoms with Gasteiger partial charge in [0, 0.05) is 43.4 Å². The fraction of sp³-hybridized carbons (Fsp3) is 0.261. The van der Waals surface area contributed by atoms with Gasteiger partial charge in [0.1, 0.15) is 11.6 Å². The molecule has 0 aliphatic carbocycles. The third-order valence-electron chi connectivity index (χ3n) is 6.03. The Balaban J connectivity index is 1.33. The molecule has 158 valence electrons. The van der Waals surface area contributed by atoms with E-state index in [2.05, 4.69) is 31.7 Å². The molecule has 0 amide bonds. The number of fused-ring (bicyclic) bond motifs is 2. The highest BCUT2D eigenvalue weighted by Crippen LogP contribution is 2.29. The summed E-state index contributed by atoms with van der Waals surface area (Å²) in [4.78, 5) is 28.1. The molecule has 8 heteroatoms. The number of imidazole rings is 1. The normalized spacial score (nSPS) is 16.1. The van der Waals surface area contributed by atoms with E-state index in [1.165, 1.54) is 6.07 Å². The molecule has 1 aliphatic rings. The molecule has 2 aromatic heterocycles. The van der Waals surface area contributed by atoms with Crippen LogP contribution in [0.25, 0.3) is 21.9 Å². The Morgan fingerprint density at radius 2 is 1.87 bits per heavy atom. The molecule has 0 spiro atoms. The predicted octanol–water partition coefficient (Wildman–Crippen LogP) is 3.83. The third-order valence-corrected chi connectivity index (χ3v) is 6.03. The highest BCUT2D eigenvalue weighted by atomic mass is 19.1. The summed E-state index contributed by atoms with van der Waals surface area (Å²) in [6, 6.07) is 11.6. The fourth-order valence-corrected chi connectivity index (χ4v) is 4.26. The molecule has 2 N–H and O–H groups in total. The number of carbonyl (C=O) groups is 1. The standard InChI is InChI=1S/C23H22FN5O2/c1-14(22-26-19-4-2-15(23(30)31)12-20(19)27-22)28-8-10-29(11-9-28)21-6-7-25-18-5-3-16(24)13-17(18)21/h2-7,12-14H,8-11H2,1H3,(H,26,27)(H,30,31)/t14-/m1/s1. The number of hydrogen-bond acceptors (Lipinski definition) is 5. The molecule has 0 unspecified atom stereocenters. The zero-order valence-electron chi connectivity index (χ0n) is 17.0. The van der Waals surface area contributed by atoms with Crippen molar-refractivity contribution < 1.29 is 14.3 Å². The molecule has 0 radical (unpaired) electrons. The van der Waals surface area contributed by atoms with E-state index in [1.807, 2.05) is 6.07 Å². The number of hydrogen-bond donors (Lipinski definition) is 2. The third kappa shape index (κ3) is 3.59. The largest absolute Gasteiger partial charge is 0.478 e. The van der Waals surface area contributed by atoms with Crippen molar-refractivity contribution in [1.82, 2.24) is 19.9 Å². The van der Waals surface area contributed by atoms with Crippen LogP contribution in [0.3, 0.4) is 0 Å². The van der Waals surface area contributed by atoms with Crippen LogP contribution in [-0.4, -0.2) is 57.1 Å². The zero-order valence-corrected chi connectivity index (χ0v) is 17.0. The maximum absolute atomic E-state index is 13.8. The van der Waals surface area contributed by atoms with Crippen molar-refractivity contribution in [2.24, 2.45) is 0 Å². The summed E-state index contributed by atoms with van der Waals surface area (Å²) in [5.74, 6) is -0.391. The highest BCUT2D eigenvalue weighted by Gasteiger charge is 2.25. The van der Waals surface area contributed by atoms with Crippen LogP contribution in [-0.2, 0) is 0 Å². The van der Waals surface area contributed by atoms with Crippen LogP contribution in [0.1, 0.15) is 29.1 Å². The van der Waals surface area contributed by atoms with Gasteiger partial charge in [-0.05, 0) is 49.4 Å². The number of rotatable bonds is 4. The number of aromatic carboxylic acids is 1. The van der Waals surface area contributed by atoms with Crippen LogP contribution < -0.4 is 4.90 Å². The lowest BCUT2D eigenvalue weighted by atomic mass is 10.1. The predicted molar refractivity (Wildman–Crippen MR) is 117 cm³/mol. The number of aromatic nitrogens is 3. The minimum atomic E-state index is -0.953. The number of carboxylic acids is 1. The zero-order chi connectivity index (χ0) is 21.5. The van der Waals surface area contributed by atoms with Crippen LogP contribution in [0.15, 0.2) is 48.7 Å². The van der Waals surface area contributed by atoms with E-state index < -0.39 is 5.97 Å². The molecule has 4 aromatic rings. The summed E-state index contributed by atoms with van der Waals surface area (Å²) in [6.45, 7) is 5.38.